The summed E-state index contributed by atoms with van der Waals surface area (Å²) in [6.45, 7) is -0.164. The summed E-state index contributed by atoms with van der Waals surface area (Å²) in [6.07, 6.45) is -2.66. The van der Waals surface area contributed by atoms with Gasteiger partial charge in [-0.05, 0) is 12.1 Å². The van der Waals surface area contributed by atoms with Gasteiger partial charge < -0.3 is 20.4 Å². The van der Waals surface area contributed by atoms with Gasteiger partial charge in [0.25, 0.3) is 0 Å². The Labute approximate surface area is 121 Å². The number of aliphatic hydroxyl groups excluding tert-OH is 1. The molecule has 6 nitrogen and oxygen atoms in total. The van der Waals surface area contributed by atoms with Crippen molar-refractivity contribution >= 4 is 17.5 Å². The first-order valence-corrected chi connectivity index (χ1v) is 6.64. The Kier molecular flexibility index (Phi) is 4.74. The monoisotopic (exact) mass is 296 g/mol. The average molecular weight is 296 g/mol. The zero-order valence-electron chi connectivity index (χ0n) is 11.3. The minimum atomic E-state index is -1.42. The molecule has 0 unspecified atom stereocenters. The highest BCUT2D eigenvalue weighted by Crippen LogP contribution is 2.17. The van der Waals surface area contributed by atoms with E-state index in [1.165, 1.54) is 17.0 Å². The number of aliphatic hydroxyl groups is 1. The van der Waals surface area contributed by atoms with Gasteiger partial charge in [0.05, 0.1) is 6.54 Å². The molecule has 0 radical (unpaired) electrons. The van der Waals surface area contributed by atoms with Crippen LogP contribution in [-0.2, 0) is 9.59 Å². The molecule has 1 aromatic rings. The first-order valence-electron chi connectivity index (χ1n) is 6.64. The summed E-state index contributed by atoms with van der Waals surface area (Å²) >= 11 is 0. The molecule has 2 amide bonds. The fraction of sp³-hybridized carbons (Fsp3) is 0.429. The van der Waals surface area contributed by atoms with Gasteiger partial charge in [-0.3, -0.25) is 9.59 Å². The van der Waals surface area contributed by atoms with Gasteiger partial charge in [0, 0.05) is 31.1 Å². The van der Waals surface area contributed by atoms with Crippen molar-refractivity contribution in [3.63, 3.8) is 0 Å². The number of rotatable bonds is 4. The van der Waals surface area contributed by atoms with Crippen LogP contribution in [0.5, 0.6) is 5.75 Å². The van der Waals surface area contributed by atoms with E-state index in [1.54, 1.807) is 12.1 Å². The van der Waals surface area contributed by atoms with E-state index >= 15 is 0 Å². The third-order valence-corrected chi connectivity index (χ3v) is 3.27. The molecule has 2 atom stereocenters. The lowest BCUT2D eigenvalue weighted by Crippen LogP contribution is -2.30. The van der Waals surface area contributed by atoms with Crippen LogP contribution in [0.1, 0.15) is 12.8 Å². The van der Waals surface area contributed by atoms with Crippen LogP contribution in [0.3, 0.4) is 0 Å². The van der Waals surface area contributed by atoms with Crippen LogP contribution in [-0.4, -0.2) is 52.3 Å². The lowest BCUT2D eigenvalue weighted by atomic mass is 10.2. The van der Waals surface area contributed by atoms with Crippen molar-refractivity contribution in [2.45, 2.75) is 25.1 Å². The SMILES string of the molecule is O=C(CCC(=O)N1C[C@@H](O)[C@H](F)C1)Nc1cccc(O)c1. The number of anilines is 1. The van der Waals surface area contributed by atoms with Crippen LogP contribution < -0.4 is 5.32 Å². The Balaban J connectivity index is 1.78. The molecule has 1 aliphatic heterocycles. The molecule has 1 saturated heterocycles. The van der Waals surface area contributed by atoms with Crippen LogP contribution in [0.15, 0.2) is 24.3 Å². The molecule has 0 bridgehead atoms. The molecule has 1 fully saturated rings. The van der Waals surface area contributed by atoms with Crippen molar-refractivity contribution in [1.29, 1.82) is 0 Å². The van der Waals surface area contributed by atoms with E-state index in [0.29, 0.717) is 5.69 Å². The average Bonchev–Trinajstić information content (AvgIpc) is 2.76. The van der Waals surface area contributed by atoms with Crippen molar-refractivity contribution in [1.82, 2.24) is 4.90 Å². The van der Waals surface area contributed by atoms with E-state index < -0.39 is 12.3 Å². The molecule has 3 N–H and O–H groups in total. The topological polar surface area (TPSA) is 89.9 Å². The number of amides is 2. The minimum absolute atomic E-state index is 0.0314. The van der Waals surface area contributed by atoms with Gasteiger partial charge in [-0.2, -0.15) is 0 Å². The second-order valence-electron chi connectivity index (χ2n) is 4.98. The molecule has 21 heavy (non-hydrogen) atoms. The fourth-order valence-corrected chi connectivity index (χ4v) is 2.14. The molecule has 7 heteroatoms. The molecule has 2 rings (SSSR count). The van der Waals surface area contributed by atoms with E-state index in [1.807, 2.05) is 0 Å². The summed E-state index contributed by atoms with van der Waals surface area (Å²) in [5, 5.41) is 21.1. The number of alkyl halides is 1. The highest BCUT2D eigenvalue weighted by atomic mass is 19.1. The highest BCUT2D eigenvalue weighted by molar-refractivity contribution is 5.93. The lowest BCUT2D eigenvalue weighted by molar-refractivity contribution is -0.132. The second-order valence-corrected chi connectivity index (χ2v) is 4.98. The first-order chi connectivity index (χ1) is 9.95. The largest absolute Gasteiger partial charge is 0.508 e. The van der Waals surface area contributed by atoms with Crippen molar-refractivity contribution in [2.75, 3.05) is 18.4 Å². The Morgan fingerprint density at radius 2 is 2.10 bits per heavy atom. The van der Waals surface area contributed by atoms with Crippen molar-refractivity contribution in [2.24, 2.45) is 0 Å². The van der Waals surface area contributed by atoms with Crippen LogP contribution in [0.25, 0.3) is 0 Å². The molecule has 0 aliphatic carbocycles. The number of hydrogen-bond donors (Lipinski definition) is 3. The number of hydrogen-bond acceptors (Lipinski definition) is 4. The number of β-amino-alcohol motifs (C(OH)–C–C–N with tert-alkyl or cyclic N) is 1. The van der Waals surface area contributed by atoms with Crippen LogP contribution in [0, 0.1) is 0 Å². The van der Waals surface area contributed by atoms with Crippen LogP contribution in [0.2, 0.25) is 0 Å². The number of nitrogens with one attached hydrogen (secondary N) is 1. The summed E-state index contributed by atoms with van der Waals surface area (Å²) in [7, 11) is 0. The zero-order chi connectivity index (χ0) is 15.4. The summed E-state index contributed by atoms with van der Waals surface area (Å²) in [5.74, 6) is -0.699. The Hall–Kier alpha value is -2.15. The van der Waals surface area contributed by atoms with E-state index in [2.05, 4.69) is 5.32 Å². The zero-order valence-corrected chi connectivity index (χ0v) is 11.3. The maximum Gasteiger partial charge on any atom is 0.224 e. The smallest absolute Gasteiger partial charge is 0.224 e. The fourth-order valence-electron chi connectivity index (χ4n) is 2.14. The number of aromatic hydroxyl groups is 1. The molecule has 1 aromatic carbocycles. The van der Waals surface area contributed by atoms with Gasteiger partial charge >= 0.3 is 0 Å². The van der Waals surface area contributed by atoms with E-state index in [-0.39, 0.29) is 43.5 Å². The van der Waals surface area contributed by atoms with Gasteiger partial charge in [-0.25, -0.2) is 4.39 Å². The number of benzene rings is 1. The summed E-state index contributed by atoms with van der Waals surface area (Å²) in [6, 6.07) is 6.07. The molecule has 0 spiro atoms. The van der Waals surface area contributed by atoms with Crippen molar-refractivity contribution < 1.29 is 24.2 Å². The summed E-state index contributed by atoms with van der Waals surface area (Å²) < 4.78 is 13.1. The minimum Gasteiger partial charge on any atom is -0.508 e. The van der Waals surface area contributed by atoms with E-state index in [4.69, 9.17) is 0 Å². The van der Waals surface area contributed by atoms with Gasteiger partial charge in [-0.15, -0.1) is 0 Å². The molecular formula is C14H17FN2O4. The molecule has 0 aromatic heterocycles. The summed E-state index contributed by atoms with van der Waals surface area (Å²) in [5.41, 5.74) is 0.438. The predicted molar refractivity (Wildman–Crippen MR) is 73.5 cm³/mol. The quantitative estimate of drug-likeness (QED) is 0.761. The van der Waals surface area contributed by atoms with Gasteiger partial charge in [0.15, 0.2) is 0 Å². The number of carbonyl (C=O) groups is 2. The maximum atomic E-state index is 13.1. The third kappa shape index (κ3) is 4.16. The maximum absolute atomic E-state index is 13.1. The van der Waals surface area contributed by atoms with Crippen molar-refractivity contribution in [3.05, 3.63) is 24.3 Å². The number of nitrogens with zero attached hydrogens (tertiary/aromatic N) is 1. The Morgan fingerprint density at radius 3 is 2.71 bits per heavy atom. The molecule has 1 heterocycles. The Morgan fingerprint density at radius 1 is 1.33 bits per heavy atom. The third-order valence-electron chi connectivity index (χ3n) is 3.27. The highest BCUT2D eigenvalue weighted by Gasteiger charge is 2.33. The van der Waals surface area contributed by atoms with Gasteiger partial charge in [0.2, 0.25) is 11.8 Å². The van der Waals surface area contributed by atoms with Crippen LogP contribution in [0.4, 0.5) is 10.1 Å². The Bertz CT molecular complexity index is 527. The van der Waals surface area contributed by atoms with Crippen molar-refractivity contribution in [3.8, 4) is 5.75 Å². The normalized spacial score (nSPS) is 21.3. The number of likely N-dealkylation sites (tertiary alicyclic amines) is 1. The van der Waals surface area contributed by atoms with Gasteiger partial charge in [-0.1, -0.05) is 6.07 Å². The predicted octanol–water partition coefficient (Wildman–Crippen LogP) is 0.652. The molecule has 1 aliphatic rings. The number of halogens is 1. The van der Waals surface area contributed by atoms with E-state index in [9.17, 15) is 24.2 Å². The van der Waals surface area contributed by atoms with Gasteiger partial charge in [0.1, 0.15) is 18.0 Å². The molecule has 0 saturated carbocycles. The van der Waals surface area contributed by atoms with Crippen LogP contribution >= 0.6 is 0 Å². The summed E-state index contributed by atoms with van der Waals surface area (Å²) in [4.78, 5) is 24.7. The molecule has 114 valence electrons. The second kappa shape index (κ2) is 6.53. The number of phenolic OH excluding ortho intramolecular Hbond substituents is 1. The standard InChI is InChI=1S/C14H17FN2O4/c15-11-7-17(8-12(11)19)14(21)5-4-13(20)16-9-2-1-3-10(18)6-9/h1-3,6,11-12,18-19H,4-5,7-8H2,(H,16,20)/t11-,12-/m1/s1. The molecular weight excluding hydrogens is 279 g/mol. The number of carbonyl (C=O) groups excluding carboxylic acids is 2. The van der Waals surface area contributed by atoms with E-state index in [0.717, 1.165) is 0 Å². The lowest BCUT2D eigenvalue weighted by Gasteiger charge is -2.14. The number of phenols is 1. The first kappa shape index (κ1) is 15.2.